The van der Waals surface area contributed by atoms with Crippen molar-refractivity contribution in [3.8, 4) is 0 Å². The van der Waals surface area contributed by atoms with Crippen molar-refractivity contribution in [3.63, 3.8) is 0 Å². The molecule has 0 N–H and O–H groups in total. The molecule has 0 radical (unpaired) electrons. The summed E-state index contributed by atoms with van der Waals surface area (Å²) in [5.74, 6) is 0.189. The number of hydrogen-bond acceptors (Lipinski definition) is 6. The monoisotopic (exact) mass is 329 g/mol. The lowest BCUT2D eigenvalue weighted by molar-refractivity contribution is -0.131. The van der Waals surface area contributed by atoms with Gasteiger partial charge in [0.1, 0.15) is 12.3 Å². The molecule has 0 spiro atoms. The van der Waals surface area contributed by atoms with Crippen molar-refractivity contribution in [2.45, 2.75) is 26.3 Å². The minimum atomic E-state index is -3.07. The second-order valence-electron chi connectivity index (χ2n) is 5.46. The normalized spacial score (nSPS) is 19.9. The third kappa shape index (κ3) is 3.65. The number of aryl methyl sites for hydroxylation is 1. The van der Waals surface area contributed by atoms with Crippen LogP contribution in [-0.2, 0) is 19.4 Å². The van der Waals surface area contributed by atoms with Crippen molar-refractivity contribution in [2.75, 3.05) is 30.0 Å². The van der Waals surface area contributed by atoms with Gasteiger partial charge in [0.2, 0.25) is 11.8 Å². The number of carbonyl (C=O) groups excluding carboxylic acids is 2. The number of hydrogen-bond donors (Lipinski definition) is 0. The molecule has 9 heteroatoms. The van der Waals surface area contributed by atoms with Gasteiger partial charge >= 0.3 is 0 Å². The van der Waals surface area contributed by atoms with E-state index in [1.807, 2.05) is 0 Å². The standard InChI is InChI=1S/C13H19N3O5S/c1-9-6-12(14-21-9)16(10(2)17)7-13(18)15(3)11-4-5-22(19,20)8-11/h6,11H,4-5,7-8H2,1-3H3. The van der Waals surface area contributed by atoms with Gasteiger partial charge in [0.15, 0.2) is 15.7 Å². The van der Waals surface area contributed by atoms with Crippen molar-refractivity contribution >= 4 is 27.5 Å². The molecule has 2 rings (SSSR count). The van der Waals surface area contributed by atoms with Crippen LogP contribution in [0, 0.1) is 6.92 Å². The SMILES string of the molecule is CC(=O)N(CC(=O)N(C)C1CCS(=O)(=O)C1)c1cc(C)on1. The van der Waals surface area contributed by atoms with Gasteiger partial charge < -0.3 is 9.42 Å². The molecule has 22 heavy (non-hydrogen) atoms. The molecular formula is C13H19N3O5S. The van der Waals surface area contributed by atoms with Crippen LogP contribution in [0.1, 0.15) is 19.1 Å². The van der Waals surface area contributed by atoms with E-state index >= 15 is 0 Å². The van der Waals surface area contributed by atoms with Crippen molar-refractivity contribution in [1.82, 2.24) is 10.1 Å². The van der Waals surface area contributed by atoms with Crippen LogP contribution >= 0.6 is 0 Å². The van der Waals surface area contributed by atoms with E-state index in [9.17, 15) is 18.0 Å². The molecule has 1 unspecified atom stereocenters. The van der Waals surface area contributed by atoms with Crippen molar-refractivity contribution < 1.29 is 22.5 Å². The van der Waals surface area contributed by atoms with Gasteiger partial charge in [-0.05, 0) is 13.3 Å². The summed E-state index contributed by atoms with van der Waals surface area (Å²) in [5.41, 5.74) is 0. The van der Waals surface area contributed by atoms with E-state index in [1.54, 1.807) is 20.0 Å². The molecule has 1 aliphatic rings. The molecule has 2 heterocycles. The Bertz CT molecular complexity index is 682. The van der Waals surface area contributed by atoms with E-state index in [-0.39, 0.29) is 41.7 Å². The summed E-state index contributed by atoms with van der Waals surface area (Å²) in [6.45, 7) is 2.82. The fourth-order valence-corrected chi connectivity index (χ4v) is 4.14. The quantitative estimate of drug-likeness (QED) is 0.769. The average molecular weight is 329 g/mol. The fourth-order valence-electron chi connectivity index (χ4n) is 2.37. The van der Waals surface area contributed by atoms with Gasteiger partial charge in [0.05, 0.1) is 11.5 Å². The molecule has 1 aromatic heterocycles. The van der Waals surface area contributed by atoms with Crippen LogP contribution in [0.5, 0.6) is 0 Å². The zero-order chi connectivity index (χ0) is 16.5. The third-order valence-electron chi connectivity index (χ3n) is 3.72. The van der Waals surface area contributed by atoms with Crippen LogP contribution < -0.4 is 4.90 Å². The summed E-state index contributed by atoms with van der Waals surface area (Å²) >= 11 is 0. The van der Waals surface area contributed by atoms with E-state index in [0.717, 1.165) is 0 Å². The maximum absolute atomic E-state index is 12.3. The third-order valence-corrected chi connectivity index (χ3v) is 5.47. The number of anilines is 1. The largest absolute Gasteiger partial charge is 0.360 e. The molecule has 2 amide bonds. The van der Waals surface area contributed by atoms with Gasteiger partial charge in [-0.2, -0.15) is 0 Å². The minimum absolute atomic E-state index is 0.0294. The van der Waals surface area contributed by atoms with Crippen LogP contribution in [0.25, 0.3) is 0 Å². The number of aromatic nitrogens is 1. The zero-order valence-corrected chi connectivity index (χ0v) is 13.6. The summed E-state index contributed by atoms with van der Waals surface area (Å²) in [6.07, 6.45) is 0.424. The Labute approximate surface area is 129 Å². The maximum Gasteiger partial charge on any atom is 0.242 e. The molecule has 0 bridgehead atoms. The molecule has 1 atom stereocenters. The Kier molecular flexibility index (Phi) is 4.55. The van der Waals surface area contributed by atoms with Crippen LogP contribution in [-0.4, -0.2) is 61.4 Å². The van der Waals surface area contributed by atoms with E-state index in [4.69, 9.17) is 4.52 Å². The van der Waals surface area contributed by atoms with Crippen molar-refractivity contribution in [3.05, 3.63) is 11.8 Å². The number of likely N-dealkylation sites (N-methyl/N-ethyl adjacent to an activating group) is 1. The van der Waals surface area contributed by atoms with Crippen LogP contribution in [0.15, 0.2) is 10.6 Å². The molecule has 122 valence electrons. The number of nitrogens with zero attached hydrogens (tertiary/aromatic N) is 3. The van der Waals surface area contributed by atoms with E-state index < -0.39 is 9.84 Å². The molecule has 1 aliphatic heterocycles. The first-order valence-corrected chi connectivity index (χ1v) is 8.69. The Hall–Kier alpha value is -1.90. The average Bonchev–Trinajstić information content (AvgIpc) is 3.00. The highest BCUT2D eigenvalue weighted by atomic mass is 32.2. The van der Waals surface area contributed by atoms with E-state index in [2.05, 4.69) is 5.16 Å². The lowest BCUT2D eigenvalue weighted by Crippen LogP contribution is -2.45. The van der Waals surface area contributed by atoms with Gasteiger partial charge in [-0.15, -0.1) is 0 Å². The Morgan fingerprint density at radius 2 is 2.14 bits per heavy atom. The van der Waals surface area contributed by atoms with E-state index in [1.165, 1.54) is 16.7 Å². The Morgan fingerprint density at radius 3 is 2.59 bits per heavy atom. The molecular weight excluding hydrogens is 310 g/mol. The molecule has 0 saturated carbocycles. The first-order valence-electron chi connectivity index (χ1n) is 6.87. The Balaban J connectivity index is 2.07. The first kappa shape index (κ1) is 16.5. The summed E-state index contributed by atoms with van der Waals surface area (Å²) in [5, 5.41) is 3.73. The highest BCUT2D eigenvalue weighted by Crippen LogP contribution is 2.18. The fraction of sp³-hybridized carbons (Fsp3) is 0.615. The van der Waals surface area contributed by atoms with Gasteiger partial charge in [-0.25, -0.2) is 8.42 Å². The molecule has 0 aliphatic carbocycles. The summed E-state index contributed by atoms with van der Waals surface area (Å²) in [6, 6.07) is 1.22. The molecule has 1 saturated heterocycles. The number of amides is 2. The molecule has 0 aromatic carbocycles. The number of rotatable bonds is 4. The van der Waals surface area contributed by atoms with Crippen molar-refractivity contribution in [1.29, 1.82) is 0 Å². The molecule has 8 nitrogen and oxygen atoms in total. The van der Waals surface area contributed by atoms with Crippen molar-refractivity contribution in [2.24, 2.45) is 0 Å². The van der Waals surface area contributed by atoms with Crippen LogP contribution in [0.4, 0.5) is 5.82 Å². The smallest absolute Gasteiger partial charge is 0.242 e. The van der Waals surface area contributed by atoms with Crippen LogP contribution in [0.3, 0.4) is 0 Å². The van der Waals surface area contributed by atoms with Gasteiger partial charge in [0.25, 0.3) is 0 Å². The predicted molar refractivity (Wildman–Crippen MR) is 79.1 cm³/mol. The Morgan fingerprint density at radius 1 is 1.45 bits per heavy atom. The van der Waals surface area contributed by atoms with Crippen LogP contribution in [0.2, 0.25) is 0 Å². The van der Waals surface area contributed by atoms with Gasteiger partial charge in [-0.3, -0.25) is 14.5 Å². The van der Waals surface area contributed by atoms with Gasteiger partial charge in [0, 0.05) is 26.1 Å². The maximum atomic E-state index is 12.3. The summed E-state index contributed by atoms with van der Waals surface area (Å²) in [7, 11) is -1.51. The molecule has 1 fully saturated rings. The molecule has 1 aromatic rings. The second-order valence-corrected chi connectivity index (χ2v) is 7.69. The topological polar surface area (TPSA) is 101 Å². The van der Waals surface area contributed by atoms with Gasteiger partial charge in [-0.1, -0.05) is 5.16 Å². The number of sulfone groups is 1. The zero-order valence-electron chi connectivity index (χ0n) is 12.8. The lowest BCUT2D eigenvalue weighted by Gasteiger charge is -2.26. The summed E-state index contributed by atoms with van der Waals surface area (Å²) in [4.78, 5) is 26.6. The second kappa shape index (κ2) is 6.07. The minimum Gasteiger partial charge on any atom is -0.360 e. The van der Waals surface area contributed by atoms with E-state index in [0.29, 0.717) is 12.2 Å². The highest BCUT2D eigenvalue weighted by Gasteiger charge is 2.33. The lowest BCUT2D eigenvalue weighted by atomic mass is 10.2. The highest BCUT2D eigenvalue weighted by molar-refractivity contribution is 7.91. The number of carbonyl (C=O) groups is 2. The first-order chi connectivity index (χ1) is 10.2. The summed E-state index contributed by atoms with van der Waals surface area (Å²) < 4.78 is 27.9. The predicted octanol–water partition coefficient (Wildman–Crippen LogP) is -0.0186.